The van der Waals surface area contributed by atoms with Gasteiger partial charge in [-0.15, -0.1) is 0 Å². The van der Waals surface area contributed by atoms with Gasteiger partial charge in [-0.2, -0.15) is 0 Å². The van der Waals surface area contributed by atoms with E-state index in [4.69, 9.17) is 0 Å². The molecule has 1 aliphatic rings. The number of carbonyl (C=O) groups is 2. The Morgan fingerprint density at radius 3 is 2.37 bits per heavy atom. The summed E-state index contributed by atoms with van der Waals surface area (Å²) in [5.41, 5.74) is 1.46. The van der Waals surface area contributed by atoms with Crippen molar-refractivity contribution in [1.29, 1.82) is 0 Å². The van der Waals surface area contributed by atoms with E-state index in [1.165, 1.54) is 6.92 Å². The van der Waals surface area contributed by atoms with E-state index < -0.39 is 0 Å². The van der Waals surface area contributed by atoms with Crippen molar-refractivity contribution in [3.63, 3.8) is 0 Å². The van der Waals surface area contributed by atoms with Crippen LogP contribution < -0.4 is 0 Å². The van der Waals surface area contributed by atoms with E-state index in [9.17, 15) is 14.7 Å². The molecule has 2 heterocycles. The highest BCUT2D eigenvalue weighted by Gasteiger charge is 2.50. The first-order valence-corrected chi connectivity index (χ1v) is 9.23. The fourth-order valence-corrected chi connectivity index (χ4v) is 3.97. The van der Waals surface area contributed by atoms with Crippen molar-refractivity contribution in [3.05, 3.63) is 66.0 Å². The zero-order chi connectivity index (χ0) is 19.4. The number of amides is 2. The van der Waals surface area contributed by atoms with Gasteiger partial charge in [0.1, 0.15) is 5.69 Å². The first kappa shape index (κ1) is 19.0. The Hall–Kier alpha value is -2.73. The molecule has 6 nitrogen and oxygen atoms in total. The van der Waals surface area contributed by atoms with Gasteiger partial charge >= 0.3 is 0 Å². The number of nitrogens with zero attached hydrogens (tertiary/aromatic N) is 3. The summed E-state index contributed by atoms with van der Waals surface area (Å²) in [5.74, 6) is -0.251. The zero-order valence-corrected chi connectivity index (χ0v) is 15.7. The molecule has 6 heteroatoms. The number of rotatable bonds is 6. The molecule has 1 aliphatic heterocycles. The minimum atomic E-state index is -0.265. The average Bonchev–Trinajstić information content (AvgIpc) is 2.68. The number of aliphatic hydroxyl groups is 1. The topological polar surface area (TPSA) is 73.7 Å². The number of hydrogen-bond donors (Lipinski definition) is 1. The Labute approximate surface area is 159 Å². The molecule has 0 spiro atoms. The summed E-state index contributed by atoms with van der Waals surface area (Å²) >= 11 is 0. The van der Waals surface area contributed by atoms with Gasteiger partial charge in [0.25, 0.3) is 5.91 Å². The van der Waals surface area contributed by atoms with Gasteiger partial charge in [0.05, 0.1) is 18.7 Å². The van der Waals surface area contributed by atoms with Crippen molar-refractivity contribution in [2.45, 2.75) is 31.8 Å². The summed E-state index contributed by atoms with van der Waals surface area (Å²) in [5, 5.41) is 9.85. The molecule has 0 bridgehead atoms. The Balaban J connectivity index is 1.86. The number of likely N-dealkylation sites (tertiary alicyclic amines) is 1. The summed E-state index contributed by atoms with van der Waals surface area (Å²) in [6, 6.07) is 14.7. The molecule has 1 saturated heterocycles. The molecule has 27 heavy (non-hydrogen) atoms. The van der Waals surface area contributed by atoms with Crippen molar-refractivity contribution < 1.29 is 14.7 Å². The largest absolute Gasteiger partial charge is 0.394 e. The molecular formula is C21H25N3O3. The fraction of sp³-hybridized carbons (Fsp3) is 0.381. The van der Waals surface area contributed by atoms with Crippen LogP contribution in [0.5, 0.6) is 0 Å². The third kappa shape index (κ3) is 3.71. The van der Waals surface area contributed by atoms with E-state index in [0.29, 0.717) is 18.8 Å². The number of carbonyl (C=O) groups excluding carboxylic acids is 2. The molecule has 0 radical (unpaired) electrons. The molecule has 0 aliphatic carbocycles. The van der Waals surface area contributed by atoms with Crippen LogP contribution in [0.3, 0.4) is 0 Å². The van der Waals surface area contributed by atoms with Gasteiger partial charge in [0, 0.05) is 32.1 Å². The summed E-state index contributed by atoms with van der Waals surface area (Å²) in [6.45, 7) is 4.24. The van der Waals surface area contributed by atoms with E-state index in [2.05, 4.69) is 4.98 Å². The normalized spacial score (nSPS) is 21.4. The fourth-order valence-electron chi connectivity index (χ4n) is 3.97. The van der Waals surface area contributed by atoms with Crippen molar-refractivity contribution in [1.82, 2.24) is 14.8 Å². The van der Waals surface area contributed by atoms with Crippen LogP contribution in [0.2, 0.25) is 0 Å². The predicted octanol–water partition coefficient (Wildman–Crippen LogP) is 1.92. The van der Waals surface area contributed by atoms with E-state index in [-0.39, 0.29) is 36.4 Å². The van der Waals surface area contributed by atoms with Gasteiger partial charge in [-0.3, -0.25) is 14.6 Å². The second kappa shape index (κ2) is 8.31. The lowest BCUT2D eigenvalue weighted by Crippen LogP contribution is -2.68. The molecule has 1 fully saturated rings. The maximum Gasteiger partial charge on any atom is 0.272 e. The van der Waals surface area contributed by atoms with Crippen LogP contribution >= 0.6 is 0 Å². The second-order valence-corrected chi connectivity index (χ2v) is 6.74. The van der Waals surface area contributed by atoms with Crippen LogP contribution in [0.1, 0.15) is 35.8 Å². The number of aliphatic hydroxyl groups excluding tert-OH is 1. The Kier molecular flexibility index (Phi) is 5.86. The molecule has 1 N–H and O–H groups in total. The van der Waals surface area contributed by atoms with Crippen molar-refractivity contribution in [2.75, 3.05) is 19.7 Å². The third-order valence-electron chi connectivity index (χ3n) is 5.24. The lowest BCUT2D eigenvalue weighted by Gasteiger charge is -2.55. The van der Waals surface area contributed by atoms with Gasteiger partial charge in [-0.25, -0.2) is 0 Å². The number of benzene rings is 1. The maximum atomic E-state index is 12.8. The number of hydrogen-bond acceptors (Lipinski definition) is 4. The third-order valence-corrected chi connectivity index (χ3v) is 5.24. The first-order chi connectivity index (χ1) is 13.1. The van der Waals surface area contributed by atoms with Gasteiger partial charge in [-0.1, -0.05) is 36.4 Å². The second-order valence-electron chi connectivity index (χ2n) is 6.74. The highest BCUT2D eigenvalue weighted by atomic mass is 16.3. The lowest BCUT2D eigenvalue weighted by atomic mass is 9.74. The SMILES string of the molecule is CCN(C[C@H]1[C@@H](c2ccccc2)[C@H](CO)N1C(C)=O)C(=O)c1ccccn1. The highest BCUT2D eigenvalue weighted by molar-refractivity contribution is 5.92. The van der Waals surface area contributed by atoms with Gasteiger partial charge in [-0.05, 0) is 24.6 Å². The van der Waals surface area contributed by atoms with Gasteiger partial charge < -0.3 is 14.9 Å². The zero-order valence-electron chi connectivity index (χ0n) is 15.7. The minimum absolute atomic E-state index is 0.00863. The van der Waals surface area contributed by atoms with Crippen LogP contribution in [-0.4, -0.2) is 63.5 Å². The van der Waals surface area contributed by atoms with Crippen LogP contribution in [0.15, 0.2) is 54.7 Å². The molecule has 1 aromatic heterocycles. The summed E-state index contributed by atoms with van der Waals surface area (Å²) in [4.78, 5) is 32.6. The van der Waals surface area contributed by atoms with Crippen molar-refractivity contribution >= 4 is 11.8 Å². The standard InChI is InChI=1S/C21H25N3O3/c1-3-23(21(27)17-11-7-8-12-22-17)13-18-20(16-9-5-4-6-10-16)19(14-25)24(18)15(2)26/h4-12,18-20,25H,3,13-14H2,1-2H3/t18-,19-,20+/m0/s1. The molecule has 2 amide bonds. The van der Waals surface area contributed by atoms with E-state index >= 15 is 0 Å². The molecule has 142 valence electrons. The monoisotopic (exact) mass is 367 g/mol. The van der Waals surface area contributed by atoms with E-state index in [0.717, 1.165) is 5.56 Å². The van der Waals surface area contributed by atoms with Crippen LogP contribution in [0.4, 0.5) is 0 Å². The molecule has 0 saturated carbocycles. The number of aromatic nitrogens is 1. The quantitative estimate of drug-likeness (QED) is 0.847. The minimum Gasteiger partial charge on any atom is -0.394 e. The lowest BCUT2D eigenvalue weighted by molar-refractivity contribution is -0.149. The highest BCUT2D eigenvalue weighted by Crippen LogP contribution is 2.41. The van der Waals surface area contributed by atoms with Crippen LogP contribution in [0, 0.1) is 0 Å². The smallest absolute Gasteiger partial charge is 0.272 e. The maximum absolute atomic E-state index is 12.8. The number of likely N-dealkylation sites (N-methyl/N-ethyl adjacent to an activating group) is 1. The van der Waals surface area contributed by atoms with Gasteiger partial charge in [0.2, 0.25) is 5.91 Å². The van der Waals surface area contributed by atoms with Crippen LogP contribution in [0.25, 0.3) is 0 Å². The van der Waals surface area contributed by atoms with E-state index in [1.54, 1.807) is 34.2 Å². The first-order valence-electron chi connectivity index (χ1n) is 9.23. The average molecular weight is 367 g/mol. The van der Waals surface area contributed by atoms with Crippen LogP contribution in [-0.2, 0) is 4.79 Å². The van der Waals surface area contributed by atoms with Crippen molar-refractivity contribution in [3.8, 4) is 0 Å². The molecule has 0 unspecified atom stereocenters. The molecule has 2 aromatic rings. The Morgan fingerprint density at radius 1 is 1.11 bits per heavy atom. The summed E-state index contributed by atoms with van der Waals surface area (Å²) in [6.07, 6.45) is 1.60. The molecule has 3 atom stereocenters. The predicted molar refractivity (Wildman–Crippen MR) is 102 cm³/mol. The summed E-state index contributed by atoms with van der Waals surface area (Å²) in [7, 11) is 0. The number of pyridine rings is 1. The van der Waals surface area contributed by atoms with E-state index in [1.807, 2.05) is 37.3 Å². The molecule has 1 aromatic carbocycles. The summed E-state index contributed by atoms with van der Waals surface area (Å²) < 4.78 is 0. The molecule has 3 rings (SSSR count). The Bertz CT molecular complexity index is 782. The Morgan fingerprint density at radius 2 is 1.81 bits per heavy atom. The molecular weight excluding hydrogens is 342 g/mol. The van der Waals surface area contributed by atoms with Gasteiger partial charge in [0.15, 0.2) is 0 Å². The van der Waals surface area contributed by atoms with Crippen molar-refractivity contribution in [2.24, 2.45) is 0 Å².